The molecular formula is C24H19Br2Cl. The molecule has 0 N–H and O–H groups in total. The first-order chi connectivity index (χ1) is 13.1. The van der Waals surface area contributed by atoms with Crippen molar-refractivity contribution >= 4 is 49.0 Å². The van der Waals surface area contributed by atoms with Crippen LogP contribution >= 0.6 is 43.5 Å². The number of hydrogen-bond donors (Lipinski definition) is 0. The van der Waals surface area contributed by atoms with Crippen molar-refractivity contribution in [2.24, 2.45) is 0 Å². The third-order valence-corrected chi connectivity index (χ3v) is 7.03. The van der Waals surface area contributed by atoms with Gasteiger partial charge < -0.3 is 0 Å². The fraction of sp³-hybridized carbons (Fsp3) is 0.167. The van der Waals surface area contributed by atoms with Crippen LogP contribution in [0.3, 0.4) is 0 Å². The molecule has 3 aromatic rings. The molecule has 1 aliphatic rings. The monoisotopic (exact) mass is 500 g/mol. The van der Waals surface area contributed by atoms with Crippen molar-refractivity contribution in [2.45, 2.75) is 24.7 Å². The molecule has 3 heteroatoms. The second kappa shape index (κ2) is 8.34. The van der Waals surface area contributed by atoms with Crippen molar-refractivity contribution in [1.82, 2.24) is 0 Å². The quantitative estimate of drug-likeness (QED) is 0.336. The van der Waals surface area contributed by atoms with E-state index in [2.05, 4.69) is 98.6 Å². The molecule has 0 fully saturated rings. The molecular weight excluding hydrogens is 484 g/mol. The van der Waals surface area contributed by atoms with Gasteiger partial charge in [-0.15, -0.1) is 0 Å². The zero-order valence-electron chi connectivity index (χ0n) is 14.7. The Kier molecular flexibility index (Phi) is 5.87. The van der Waals surface area contributed by atoms with E-state index >= 15 is 0 Å². The Morgan fingerprint density at radius 2 is 1.37 bits per heavy atom. The summed E-state index contributed by atoms with van der Waals surface area (Å²) < 4.78 is 2.32. The Hall–Kier alpha value is -1.35. The third-order valence-electron chi connectivity index (χ3n) is 5.28. The smallest absolute Gasteiger partial charge is 0.0443 e. The maximum Gasteiger partial charge on any atom is 0.0443 e. The summed E-state index contributed by atoms with van der Waals surface area (Å²) in [6, 6.07) is 25.3. The molecule has 2 atom stereocenters. The van der Waals surface area contributed by atoms with E-state index in [1.165, 1.54) is 26.7 Å². The minimum absolute atomic E-state index is 0.298. The second-order valence-corrected chi connectivity index (χ2v) is 9.07. The van der Waals surface area contributed by atoms with Crippen LogP contribution in [0.1, 0.15) is 41.4 Å². The van der Waals surface area contributed by atoms with Crippen LogP contribution in [-0.2, 0) is 0 Å². The largest absolute Gasteiger partial charge is 0.0840 e. The molecule has 0 bridgehead atoms. The Labute approximate surface area is 182 Å². The normalized spacial score (nSPS) is 19.6. The summed E-state index contributed by atoms with van der Waals surface area (Å²) in [5, 5.41) is 0.845. The predicted molar refractivity (Wildman–Crippen MR) is 122 cm³/mol. The highest BCUT2D eigenvalue weighted by molar-refractivity contribution is 9.10. The molecule has 0 spiro atoms. The molecule has 27 heavy (non-hydrogen) atoms. The lowest BCUT2D eigenvalue weighted by Gasteiger charge is -2.31. The zero-order valence-corrected chi connectivity index (χ0v) is 18.6. The van der Waals surface area contributed by atoms with E-state index in [-0.39, 0.29) is 0 Å². The topological polar surface area (TPSA) is 0 Å². The van der Waals surface area contributed by atoms with Gasteiger partial charge in [0.05, 0.1) is 0 Å². The van der Waals surface area contributed by atoms with Gasteiger partial charge in [-0.25, -0.2) is 0 Å². The summed E-state index contributed by atoms with van der Waals surface area (Å²) in [4.78, 5) is 0. The SMILES string of the molecule is Clc1ccccc1C1C=C(c2ccccc2Br)CC(c2ccccc2Br)C1. The molecule has 2 unspecified atom stereocenters. The van der Waals surface area contributed by atoms with Gasteiger partial charge in [-0.2, -0.15) is 0 Å². The standard InChI is InChI=1S/C24H19Br2Cl/c25-22-10-4-1-7-19(22)16-13-17(20-8-2-5-11-23(20)26)15-18(14-16)21-9-3-6-12-24(21)27/h1-12,14,17-18H,13,15H2. The summed E-state index contributed by atoms with van der Waals surface area (Å²) in [5.74, 6) is 0.737. The first-order valence-electron chi connectivity index (χ1n) is 9.08. The highest BCUT2D eigenvalue weighted by Gasteiger charge is 2.28. The van der Waals surface area contributed by atoms with Gasteiger partial charge in [0.1, 0.15) is 0 Å². The Bertz CT molecular complexity index is 993. The van der Waals surface area contributed by atoms with Gasteiger partial charge in [-0.05, 0) is 59.2 Å². The highest BCUT2D eigenvalue weighted by Crippen LogP contribution is 2.47. The first kappa shape index (κ1) is 19.0. The molecule has 0 amide bonds. The van der Waals surface area contributed by atoms with Crippen molar-refractivity contribution in [3.05, 3.63) is 110 Å². The van der Waals surface area contributed by atoms with Gasteiger partial charge in [0.25, 0.3) is 0 Å². The Morgan fingerprint density at radius 1 is 0.741 bits per heavy atom. The lowest BCUT2D eigenvalue weighted by Crippen LogP contribution is -2.13. The molecule has 0 aromatic heterocycles. The molecule has 0 heterocycles. The molecule has 3 aromatic carbocycles. The van der Waals surface area contributed by atoms with Crippen LogP contribution in [-0.4, -0.2) is 0 Å². The fourth-order valence-electron chi connectivity index (χ4n) is 3.99. The number of hydrogen-bond acceptors (Lipinski definition) is 0. The Morgan fingerprint density at radius 3 is 2.07 bits per heavy atom. The molecule has 1 aliphatic carbocycles. The van der Waals surface area contributed by atoms with Gasteiger partial charge in [0, 0.05) is 19.9 Å². The van der Waals surface area contributed by atoms with Crippen LogP contribution in [0.2, 0.25) is 5.02 Å². The van der Waals surface area contributed by atoms with Gasteiger partial charge in [-0.1, -0.05) is 104 Å². The summed E-state index contributed by atoms with van der Waals surface area (Å²) in [5.41, 5.74) is 5.22. The second-order valence-electron chi connectivity index (χ2n) is 6.96. The molecule has 4 rings (SSSR count). The van der Waals surface area contributed by atoms with Crippen LogP contribution in [0.15, 0.2) is 87.8 Å². The molecule has 0 nitrogen and oxygen atoms in total. The van der Waals surface area contributed by atoms with Crippen LogP contribution in [0.25, 0.3) is 5.57 Å². The fourth-order valence-corrected chi connectivity index (χ4v) is 5.42. The van der Waals surface area contributed by atoms with E-state index in [1.807, 2.05) is 12.1 Å². The van der Waals surface area contributed by atoms with Crippen molar-refractivity contribution in [3.8, 4) is 0 Å². The summed E-state index contributed by atoms with van der Waals surface area (Å²) >= 11 is 14.1. The number of allylic oxidation sites excluding steroid dienone is 2. The number of benzene rings is 3. The van der Waals surface area contributed by atoms with Crippen molar-refractivity contribution < 1.29 is 0 Å². The first-order valence-corrected chi connectivity index (χ1v) is 11.0. The maximum absolute atomic E-state index is 6.56. The van der Waals surface area contributed by atoms with Gasteiger partial charge in [0.15, 0.2) is 0 Å². The average molecular weight is 503 g/mol. The van der Waals surface area contributed by atoms with E-state index in [0.29, 0.717) is 11.8 Å². The Balaban J connectivity index is 1.81. The molecule has 0 radical (unpaired) electrons. The van der Waals surface area contributed by atoms with Gasteiger partial charge in [-0.3, -0.25) is 0 Å². The molecule has 136 valence electrons. The van der Waals surface area contributed by atoms with Gasteiger partial charge in [0.2, 0.25) is 0 Å². The zero-order chi connectivity index (χ0) is 18.8. The van der Waals surface area contributed by atoms with Crippen LogP contribution in [0.5, 0.6) is 0 Å². The van der Waals surface area contributed by atoms with E-state index in [1.54, 1.807) is 0 Å². The van der Waals surface area contributed by atoms with Crippen molar-refractivity contribution in [2.75, 3.05) is 0 Å². The van der Waals surface area contributed by atoms with E-state index < -0.39 is 0 Å². The lowest BCUT2D eigenvalue weighted by molar-refractivity contribution is 0.574. The van der Waals surface area contributed by atoms with Crippen molar-refractivity contribution in [1.29, 1.82) is 0 Å². The average Bonchev–Trinajstić information content (AvgIpc) is 2.69. The molecule has 0 aliphatic heterocycles. The summed E-state index contributed by atoms with van der Waals surface area (Å²) in [6.45, 7) is 0. The number of halogens is 3. The lowest BCUT2D eigenvalue weighted by atomic mass is 9.75. The minimum atomic E-state index is 0.298. The predicted octanol–water partition coefficient (Wildman–Crippen LogP) is 8.61. The van der Waals surface area contributed by atoms with Crippen LogP contribution in [0.4, 0.5) is 0 Å². The number of rotatable bonds is 3. The summed E-state index contributed by atoms with van der Waals surface area (Å²) in [6.07, 6.45) is 4.49. The highest BCUT2D eigenvalue weighted by atomic mass is 79.9. The molecule has 0 saturated heterocycles. The van der Waals surface area contributed by atoms with Gasteiger partial charge >= 0.3 is 0 Å². The molecule has 0 saturated carbocycles. The van der Waals surface area contributed by atoms with E-state index in [0.717, 1.165) is 22.3 Å². The maximum atomic E-state index is 6.56. The van der Waals surface area contributed by atoms with E-state index in [4.69, 9.17) is 11.6 Å². The summed E-state index contributed by atoms with van der Waals surface area (Å²) in [7, 11) is 0. The van der Waals surface area contributed by atoms with Crippen molar-refractivity contribution in [3.63, 3.8) is 0 Å². The minimum Gasteiger partial charge on any atom is -0.0840 e. The van der Waals surface area contributed by atoms with E-state index in [9.17, 15) is 0 Å². The third kappa shape index (κ3) is 4.08. The van der Waals surface area contributed by atoms with Crippen LogP contribution in [0, 0.1) is 0 Å². The van der Waals surface area contributed by atoms with Crippen LogP contribution < -0.4 is 0 Å².